The first-order valence-corrected chi connectivity index (χ1v) is 7.56. The van der Waals surface area contributed by atoms with E-state index in [0.29, 0.717) is 12.1 Å². The highest BCUT2D eigenvalue weighted by Gasteiger charge is 2.38. The van der Waals surface area contributed by atoms with Gasteiger partial charge in [-0.05, 0) is 24.5 Å². The molecule has 22 heavy (non-hydrogen) atoms. The standard InChI is InChI=1S/C16H21F2N3.HI/c1-21-10-9-19-15(21)20-11-16(7-2-3-8-16)12-5-4-6-13(17)14(12)18;/h4-6H,2-3,7-11H2,1H3,(H,19,20);1H. The molecule has 0 aromatic heterocycles. The van der Waals surface area contributed by atoms with Gasteiger partial charge in [0.2, 0.25) is 0 Å². The Kier molecular flexibility index (Phi) is 5.63. The topological polar surface area (TPSA) is 27.6 Å². The van der Waals surface area contributed by atoms with Gasteiger partial charge < -0.3 is 10.2 Å². The lowest BCUT2D eigenvalue weighted by Gasteiger charge is -2.31. The summed E-state index contributed by atoms with van der Waals surface area (Å²) in [7, 11) is 1.99. The van der Waals surface area contributed by atoms with Crippen molar-refractivity contribution >= 4 is 29.9 Å². The van der Waals surface area contributed by atoms with Crippen molar-refractivity contribution in [3.63, 3.8) is 0 Å². The van der Waals surface area contributed by atoms with E-state index in [-0.39, 0.29) is 29.4 Å². The predicted molar refractivity (Wildman–Crippen MR) is 94.9 cm³/mol. The molecule has 0 unspecified atom stereocenters. The van der Waals surface area contributed by atoms with Crippen molar-refractivity contribution in [2.75, 3.05) is 26.7 Å². The number of nitrogens with zero attached hydrogens (tertiary/aromatic N) is 2. The van der Waals surface area contributed by atoms with Crippen LogP contribution in [0.25, 0.3) is 0 Å². The van der Waals surface area contributed by atoms with E-state index in [1.165, 1.54) is 6.07 Å². The van der Waals surface area contributed by atoms with E-state index in [2.05, 4.69) is 15.2 Å². The quantitative estimate of drug-likeness (QED) is 0.759. The molecule has 1 fully saturated rings. The molecule has 1 N–H and O–H groups in total. The van der Waals surface area contributed by atoms with E-state index in [0.717, 1.165) is 44.7 Å². The first kappa shape index (κ1) is 17.4. The molecule has 1 saturated carbocycles. The van der Waals surface area contributed by atoms with Crippen LogP contribution in [0, 0.1) is 11.6 Å². The van der Waals surface area contributed by atoms with Crippen LogP contribution in [0.1, 0.15) is 31.2 Å². The Morgan fingerprint density at radius 3 is 2.64 bits per heavy atom. The molecular weight excluding hydrogens is 399 g/mol. The first-order valence-electron chi connectivity index (χ1n) is 7.56. The number of hydrogen-bond acceptors (Lipinski definition) is 3. The van der Waals surface area contributed by atoms with Crippen molar-refractivity contribution < 1.29 is 8.78 Å². The van der Waals surface area contributed by atoms with Crippen molar-refractivity contribution in [3.05, 3.63) is 35.4 Å². The van der Waals surface area contributed by atoms with Crippen LogP contribution >= 0.6 is 24.0 Å². The number of benzene rings is 1. The summed E-state index contributed by atoms with van der Waals surface area (Å²) in [4.78, 5) is 6.47. The molecule has 0 amide bonds. The summed E-state index contributed by atoms with van der Waals surface area (Å²) in [6, 6.07) is 4.52. The third kappa shape index (κ3) is 3.21. The number of halogens is 3. The summed E-state index contributed by atoms with van der Waals surface area (Å²) in [5.41, 5.74) is 0.187. The molecule has 3 nitrogen and oxygen atoms in total. The maximum atomic E-state index is 14.2. The molecule has 6 heteroatoms. The highest BCUT2D eigenvalue weighted by Crippen LogP contribution is 2.42. The van der Waals surface area contributed by atoms with E-state index >= 15 is 0 Å². The highest BCUT2D eigenvalue weighted by molar-refractivity contribution is 14.0. The van der Waals surface area contributed by atoms with Crippen molar-refractivity contribution in [3.8, 4) is 0 Å². The van der Waals surface area contributed by atoms with Gasteiger partial charge >= 0.3 is 0 Å². The molecule has 0 atom stereocenters. The lowest BCUT2D eigenvalue weighted by atomic mass is 9.78. The number of aliphatic imine (C=N–C) groups is 1. The van der Waals surface area contributed by atoms with Crippen molar-refractivity contribution in [2.24, 2.45) is 4.99 Å². The molecule has 3 rings (SSSR count). The van der Waals surface area contributed by atoms with Gasteiger partial charge in [0.05, 0.1) is 6.54 Å². The number of hydrogen-bond donors (Lipinski definition) is 1. The second-order valence-electron chi connectivity index (χ2n) is 6.07. The van der Waals surface area contributed by atoms with Crippen LogP contribution in [0.2, 0.25) is 0 Å². The fraction of sp³-hybridized carbons (Fsp3) is 0.562. The molecule has 1 heterocycles. The van der Waals surface area contributed by atoms with Gasteiger partial charge in [0.15, 0.2) is 17.6 Å². The Morgan fingerprint density at radius 2 is 2.00 bits per heavy atom. The SMILES string of the molecule is CN1CCN=C1NCC1(c2cccc(F)c2F)CCCC1.I. The fourth-order valence-corrected chi connectivity index (χ4v) is 3.48. The molecule has 1 aromatic carbocycles. The molecule has 0 radical (unpaired) electrons. The maximum absolute atomic E-state index is 14.2. The molecule has 1 aromatic rings. The lowest BCUT2D eigenvalue weighted by Crippen LogP contribution is -2.44. The molecule has 122 valence electrons. The molecule has 1 aliphatic heterocycles. The number of likely N-dealkylation sites (N-methyl/N-ethyl adjacent to an activating group) is 1. The number of guanidine groups is 1. The Hall–Kier alpha value is -0.920. The van der Waals surface area contributed by atoms with Gasteiger partial charge in [-0.15, -0.1) is 24.0 Å². The minimum atomic E-state index is -0.755. The average molecular weight is 421 g/mol. The van der Waals surface area contributed by atoms with Crippen molar-refractivity contribution in [2.45, 2.75) is 31.1 Å². The Bertz CT molecular complexity index is 556. The minimum absolute atomic E-state index is 0. The summed E-state index contributed by atoms with van der Waals surface area (Å²) < 4.78 is 27.8. The maximum Gasteiger partial charge on any atom is 0.193 e. The summed E-state index contributed by atoms with van der Waals surface area (Å²) in [6.07, 6.45) is 3.88. The minimum Gasteiger partial charge on any atom is -0.355 e. The molecule has 0 bridgehead atoms. The van der Waals surface area contributed by atoms with E-state index in [1.807, 2.05) is 7.05 Å². The molecule has 0 spiro atoms. The number of nitrogens with one attached hydrogen (secondary N) is 1. The summed E-state index contributed by atoms with van der Waals surface area (Å²) >= 11 is 0. The summed E-state index contributed by atoms with van der Waals surface area (Å²) in [5.74, 6) is -0.588. The van der Waals surface area contributed by atoms with Crippen LogP contribution < -0.4 is 5.32 Å². The van der Waals surface area contributed by atoms with E-state index in [9.17, 15) is 8.78 Å². The smallest absolute Gasteiger partial charge is 0.193 e. The van der Waals surface area contributed by atoms with Crippen molar-refractivity contribution in [1.82, 2.24) is 10.2 Å². The lowest BCUT2D eigenvalue weighted by molar-refractivity contribution is 0.390. The Labute approximate surface area is 147 Å². The van der Waals surface area contributed by atoms with Gasteiger partial charge in [-0.25, -0.2) is 8.78 Å². The van der Waals surface area contributed by atoms with Crippen LogP contribution in [-0.2, 0) is 5.41 Å². The molecule has 0 saturated heterocycles. The van der Waals surface area contributed by atoms with E-state index < -0.39 is 11.6 Å². The molecule has 1 aliphatic carbocycles. The monoisotopic (exact) mass is 421 g/mol. The Morgan fingerprint density at radius 1 is 1.27 bits per heavy atom. The average Bonchev–Trinajstić information content (AvgIpc) is 3.09. The zero-order chi connectivity index (χ0) is 14.9. The summed E-state index contributed by atoms with van der Waals surface area (Å²) in [6.45, 7) is 2.31. The molecular formula is C16H22F2IN3. The van der Waals surface area contributed by atoms with Crippen molar-refractivity contribution in [1.29, 1.82) is 0 Å². The van der Waals surface area contributed by atoms with Gasteiger partial charge in [0.1, 0.15) is 0 Å². The fourth-order valence-electron chi connectivity index (χ4n) is 3.48. The van der Waals surface area contributed by atoms with Gasteiger partial charge in [-0.2, -0.15) is 0 Å². The number of rotatable bonds is 3. The zero-order valence-corrected chi connectivity index (χ0v) is 15.1. The van der Waals surface area contributed by atoms with Crippen LogP contribution in [0.3, 0.4) is 0 Å². The van der Waals surface area contributed by atoms with Crippen LogP contribution in [0.4, 0.5) is 8.78 Å². The third-order valence-corrected chi connectivity index (χ3v) is 4.73. The van der Waals surface area contributed by atoms with E-state index in [1.54, 1.807) is 12.1 Å². The van der Waals surface area contributed by atoms with Crippen LogP contribution in [0.5, 0.6) is 0 Å². The van der Waals surface area contributed by atoms with E-state index in [4.69, 9.17) is 0 Å². The largest absolute Gasteiger partial charge is 0.355 e. The van der Waals surface area contributed by atoms with Gasteiger partial charge in [-0.3, -0.25) is 4.99 Å². The normalized spacial score (nSPS) is 19.8. The van der Waals surface area contributed by atoms with Gasteiger partial charge in [-0.1, -0.05) is 25.0 Å². The van der Waals surface area contributed by atoms with Gasteiger partial charge in [0.25, 0.3) is 0 Å². The second-order valence-corrected chi connectivity index (χ2v) is 6.07. The first-order chi connectivity index (χ1) is 10.1. The Balaban J connectivity index is 0.00000176. The van der Waals surface area contributed by atoms with Crippen LogP contribution in [-0.4, -0.2) is 37.5 Å². The summed E-state index contributed by atoms with van der Waals surface area (Å²) in [5, 5.41) is 3.35. The second kappa shape index (κ2) is 7.10. The molecule has 2 aliphatic rings. The predicted octanol–water partition coefficient (Wildman–Crippen LogP) is 3.29. The highest BCUT2D eigenvalue weighted by atomic mass is 127. The zero-order valence-electron chi connectivity index (χ0n) is 12.7. The van der Waals surface area contributed by atoms with Crippen LogP contribution in [0.15, 0.2) is 23.2 Å². The van der Waals surface area contributed by atoms with Gasteiger partial charge in [0, 0.05) is 25.6 Å². The third-order valence-electron chi connectivity index (χ3n) is 4.73.